The summed E-state index contributed by atoms with van der Waals surface area (Å²) < 4.78 is 0. The molecule has 1 aliphatic heterocycles. The molecule has 0 unspecified atom stereocenters. The lowest BCUT2D eigenvalue weighted by molar-refractivity contribution is -0.141. The molecular formula is C15H20N2O3S2. The zero-order valence-electron chi connectivity index (χ0n) is 12.6. The standard InChI is InChI=1S/C15H20N2O3S2/c1-9-3-4-11(13(18)5-9)14-16-10(8-22-14)6-17(2)12(7-21)15(19)20/h3-5,10,12,18,21H,6-8H2,1-2H3,(H,19,20)/t10-,12+/m0/s1. The summed E-state index contributed by atoms with van der Waals surface area (Å²) in [6, 6.07) is 4.95. The highest BCUT2D eigenvalue weighted by Gasteiger charge is 2.27. The van der Waals surface area contributed by atoms with E-state index in [1.54, 1.807) is 29.8 Å². The quantitative estimate of drug-likeness (QED) is 0.690. The predicted molar refractivity (Wildman–Crippen MR) is 93.5 cm³/mol. The van der Waals surface area contributed by atoms with Gasteiger partial charge >= 0.3 is 5.97 Å². The Kier molecular flexibility index (Phi) is 5.77. The van der Waals surface area contributed by atoms with E-state index >= 15 is 0 Å². The van der Waals surface area contributed by atoms with E-state index in [0.717, 1.165) is 21.9 Å². The van der Waals surface area contributed by atoms with Gasteiger partial charge in [-0.1, -0.05) is 6.07 Å². The number of benzene rings is 1. The van der Waals surface area contributed by atoms with Crippen molar-refractivity contribution >= 4 is 35.4 Å². The van der Waals surface area contributed by atoms with Gasteiger partial charge in [-0.05, 0) is 31.7 Å². The van der Waals surface area contributed by atoms with Crippen molar-refractivity contribution in [2.24, 2.45) is 4.99 Å². The fraction of sp³-hybridized carbons (Fsp3) is 0.467. The maximum absolute atomic E-state index is 11.1. The zero-order valence-corrected chi connectivity index (χ0v) is 14.3. The highest BCUT2D eigenvalue weighted by molar-refractivity contribution is 8.14. The molecule has 0 amide bonds. The predicted octanol–water partition coefficient (Wildman–Crippen LogP) is 1.88. The van der Waals surface area contributed by atoms with Crippen LogP contribution in [0.25, 0.3) is 0 Å². The second kappa shape index (κ2) is 7.39. The van der Waals surface area contributed by atoms with Crippen LogP contribution in [0.15, 0.2) is 23.2 Å². The summed E-state index contributed by atoms with van der Waals surface area (Å²) >= 11 is 5.68. The molecule has 0 aromatic heterocycles. The van der Waals surface area contributed by atoms with Gasteiger partial charge in [-0.15, -0.1) is 11.8 Å². The van der Waals surface area contributed by atoms with Gasteiger partial charge in [-0.2, -0.15) is 12.6 Å². The molecule has 1 heterocycles. The lowest BCUT2D eigenvalue weighted by Crippen LogP contribution is -2.43. The molecule has 0 aliphatic carbocycles. The highest BCUT2D eigenvalue weighted by atomic mass is 32.2. The Morgan fingerprint density at radius 3 is 2.91 bits per heavy atom. The maximum Gasteiger partial charge on any atom is 0.321 e. The van der Waals surface area contributed by atoms with E-state index in [0.29, 0.717) is 6.54 Å². The van der Waals surface area contributed by atoms with Gasteiger partial charge in [0.05, 0.1) is 6.04 Å². The Bertz CT molecular complexity index is 592. The van der Waals surface area contributed by atoms with E-state index < -0.39 is 12.0 Å². The minimum Gasteiger partial charge on any atom is -0.507 e. The van der Waals surface area contributed by atoms with Crippen LogP contribution in [0.1, 0.15) is 11.1 Å². The molecule has 1 aromatic rings. The molecule has 5 nitrogen and oxygen atoms in total. The number of hydrogen-bond donors (Lipinski definition) is 3. The number of phenols is 1. The smallest absolute Gasteiger partial charge is 0.321 e. The first kappa shape index (κ1) is 17.2. The monoisotopic (exact) mass is 340 g/mol. The van der Waals surface area contributed by atoms with Gasteiger partial charge in [0, 0.05) is 23.6 Å². The fourth-order valence-corrected chi connectivity index (χ4v) is 3.86. The molecule has 2 rings (SSSR count). The Labute approximate surface area is 139 Å². The summed E-state index contributed by atoms with van der Waals surface area (Å²) in [7, 11) is 1.77. The van der Waals surface area contributed by atoms with Crippen molar-refractivity contribution in [3.63, 3.8) is 0 Å². The first-order valence-electron chi connectivity index (χ1n) is 6.97. The van der Waals surface area contributed by atoms with Gasteiger partial charge in [-0.3, -0.25) is 14.7 Å². The number of aliphatic carboxylic acids is 1. The summed E-state index contributed by atoms with van der Waals surface area (Å²) in [5.74, 6) is 0.412. The van der Waals surface area contributed by atoms with Crippen LogP contribution in [0.3, 0.4) is 0 Å². The van der Waals surface area contributed by atoms with E-state index in [2.05, 4.69) is 17.6 Å². The van der Waals surface area contributed by atoms with Crippen molar-refractivity contribution in [2.45, 2.75) is 19.0 Å². The van der Waals surface area contributed by atoms with E-state index in [1.165, 1.54) is 0 Å². The van der Waals surface area contributed by atoms with Gasteiger partial charge in [0.2, 0.25) is 0 Å². The van der Waals surface area contributed by atoms with Crippen LogP contribution in [0, 0.1) is 6.92 Å². The van der Waals surface area contributed by atoms with Gasteiger partial charge in [0.25, 0.3) is 0 Å². The Hall–Kier alpha value is -1.18. The third-order valence-corrected chi connectivity index (χ3v) is 5.08. The lowest BCUT2D eigenvalue weighted by atomic mass is 10.1. The third-order valence-electron chi connectivity index (χ3n) is 3.58. The lowest BCUT2D eigenvalue weighted by Gasteiger charge is -2.24. The number of thiol groups is 1. The van der Waals surface area contributed by atoms with Crippen LogP contribution in [0.2, 0.25) is 0 Å². The van der Waals surface area contributed by atoms with Gasteiger partial charge in [-0.25, -0.2) is 0 Å². The number of carboxylic acids is 1. The van der Waals surface area contributed by atoms with Crippen molar-refractivity contribution in [3.8, 4) is 5.75 Å². The normalized spacial score (nSPS) is 19.3. The van der Waals surface area contributed by atoms with Crippen molar-refractivity contribution in [2.75, 3.05) is 25.1 Å². The van der Waals surface area contributed by atoms with Crippen LogP contribution in [0.4, 0.5) is 0 Å². The number of aliphatic imine (C=N–C) groups is 1. The average molecular weight is 340 g/mol. The van der Waals surface area contributed by atoms with Crippen LogP contribution >= 0.6 is 24.4 Å². The highest BCUT2D eigenvalue weighted by Crippen LogP contribution is 2.29. The molecule has 0 spiro atoms. The average Bonchev–Trinajstić information content (AvgIpc) is 2.87. The molecule has 0 saturated heterocycles. The molecule has 1 aromatic carbocycles. The molecule has 1 aliphatic rings. The van der Waals surface area contributed by atoms with Crippen molar-refractivity contribution in [1.29, 1.82) is 0 Å². The number of likely N-dealkylation sites (N-methyl/N-ethyl adjacent to an activating group) is 1. The minimum atomic E-state index is -0.872. The largest absolute Gasteiger partial charge is 0.507 e. The number of aromatic hydroxyl groups is 1. The first-order valence-corrected chi connectivity index (χ1v) is 8.58. The van der Waals surface area contributed by atoms with E-state index in [9.17, 15) is 9.90 Å². The molecule has 7 heteroatoms. The number of rotatable bonds is 6. The molecule has 0 fully saturated rings. The molecule has 22 heavy (non-hydrogen) atoms. The fourth-order valence-electron chi connectivity index (χ4n) is 2.34. The summed E-state index contributed by atoms with van der Waals surface area (Å²) in [6.07, 6.45) is 0. The number of hydrogen-bond acceptors (Lipinski definition) is 6. The van der Waals surface area contributed by atoms with Crippen molar-refractivity contribution in [1.82, 2.24) is 4.90 Å². The second-order valence-electron chi connectivity index (χ2n) is 5.40. The number of carboxylic acid groups (broad SMARTS) is 1. The van der Waals surface area contributed by atoms with Crippen LogP contribution < -0.4 is 0 Å². The van der Waals surface area contributed by atoms with E-state index in [-0.39, 0.29) is 17.5 Å². The summed E-state index contributed by atoms with van der Waals surface area (Å²) in [4.78, 5) is 17.5. The van der Waals surface area contributed by atoms with Crippen molar-refractivity contribution < 1.29 is 15.0 Å². The summed E-state index contributed by atoms with van der Waals surface area (Å²) in [5.41, 5.74) is 1.74. The van der Waals surface area contributed by atoms with E-state index in [1.807, 2.05) is 19.1 Å². The summed E-state index contributed by atoms with van der Waals surface area (Å²) in [5, 5.41) is 20.0. The minimum absolute atomic E-state index is 0.0208. The summed E-state index contributed by atoms with van der Waals surface area (Å²) in [6.45, 7) is 2.48. The van der Waals surface area contributed by atoms with Crippen molar-refractivity contribution in [3.05, 3.63) is 29.3 Å². The maximum atomic E-state index is 11.1. The molecular weight excluding hydrogens is 320 g/mol. The number of aryl methyl sites for hydroxylation is 1. The number of carbonyl (C=O) groups is 1. The molecule has 0 bridgehead atoms. The Balaban J connectivity index is 2.07. The van der Waals surface area contributed by atoms with Crippen LogP contribution in [0.5, 0.6) is 5.75 Å². The second-order valence-corrected chi connectivity index (χ2v) is 6.77. The Morgan fingerprint density at radius 2 is 2.32 bits per heavy atom. The third kappa shape index (κ3) is 3.97. The van der Waals surface area contributed by atoms with E-state index in [4.69, 9.17) is 5.11 Å². The van der Waals surface area contributed by atoms with Crippen LogP contribution in [-0.4, -0.2) is 63.3 Å². The zero-order chi connectivity index (χ0) is 16.3. The SMILES string of the molecule is Cc1ccc(C2=N[C@@H](CN(C)[C@H](CS)C(=O)O)CS2)c(O)c1. The van der Waals surface area contributed by atoms with Gasteiger partial charge < -0.3 is 10.2 Å². The molecule has 2 atom stereocenters. The number of phenolic OH excluding ortho intramolecular Hbond substituents is 1. The molecule has 2 N–H and O–H groups in total. The first-order chi connectivity index (χ1) is 10.4. The van der Waals surface area contributed by atoms with Gasteiger partial charge in [0.15, 0.2) is 0 Å². The number of nitrogens with zero attached hydrogens (tertiary/aromatic N) is 2. The molecule has 120 valence electrons. The topological polar surface area (TPSA) is 73.1 Å². The van der Waals surface area contributed by atoms with Gasteiger partial charge in [0.1, 0.15) is 16.8 Å². The number of thioether (sulfide) groups is 1. The molecule has 0 radical (unpaired) electrons. The Morgan fingerprint density at radius 1 is 1.59 bits per heavy atom. The van der Waals surface area contributed by atoms with Crippen LogP contribution in [-0.2, 0) is 4.79 Å². The molecule has 0 saturated carbocycles.